The molecule has 2 aromatic heterocycles. The first-order valence-electron chi connectivity index (χ1n) is 5.60. The Hall–Kier alpha value is -2.33. The quantitative estimate of drug-likeness (QED) is 0.778. The van der Waals surface area contributed by atoms with E-state index in [2.05, 4.69) is 4.98 Å². The van der Waals surface area contributed by atoms with Crippen LogP contribution in [0.5, 0.6) is 0 Å². The van der Waals surface area contributed by atoms with Gasteiger partial charge in [0.25, 0.3) is 0 Å². The van der Waals surface area contributed by atoms with E-state index in [1.54, 1.807) is 18.3 Å². The van der Waals surface area contributed by atoms with Gasteiger partial charge in [-0.2, -0.15) is 0 Å². The molecule has 3 rings (SSSR count). The zero-order chi connectivity index (χ0) is 13.4. The van der Waals surface area contributed by atoms with Crippen molar-refractivity contribution in [3.8, 4) is 5.69 Å². The van der Waals surface area contributed by atoms with Crippen LogP contribution < -0.4 is 0 Å². The Bertz CT molecular complexity index is 780. The molecule has 0 atom stereocenters. The van der Waals surface area contributed by atoms with Crippen LogP contribution in [-0.2, 0) is 0 Å². The molecule has 0 amide bonds. The summed E-state index contributed by atoms with van der Waals surface area (Å²) in [5, 5.41) is 10.7. The van der Waals surface area contributed by atoms with Crippen LogP contribution in [0.1, 0.15) is 10.4 Å². The molecule has 0 saturated heterocycles. The Morgan fingerprint density at radius 3 is 2.84 bits per heavy atom. The minimum atomic E-state index is -0.992. The lowest BCUT2D eigenvalue weighted by atomic mass is 10.2. The molecule has 2 heterocycles. The van der Waals surface area contributed by atoms with Gasteiger partial charge in [0.05, 0.1) is 23.0 Å². The molecule has 1 aromatic carbocycles. The molecule has 4 nitrogen and oxygen atoms in total. The average molecular weight is 273 g/mol. The molecule has 0 aliphatic heterocycles. The number of hydrogen-bond acceptors (Lipinski definition) is 2. The molecular formula is C14H9ClN2O2. The van der Waals surface area contributed by atoms with Crippen LogP contribution in [-0.4, -0.2) is 20.6 Å². The van der Waals surface area contributed by atoms with Crippen LogP contribution in [0.15, 0.2) is 48.9 Å². The van der Waals surface area contributed by atoms with E-state index in [-0.39, 0.29) is 5.56 Å². The zero-order valence-corrected chi connectivity index (χ0v) is 10.5. The van der Waals surface area contributed by atoms with E-state index in [0.717, 1.165) is 10.9 Å². The predicted molar refractivity (Wildman–Crippen MR) is 73.0 cm³/mol. The number of carboxylic acid groups (broad SMARTS) is 1. The molecule has 0 saturated carbocycles. The van der Waals surface area contributed by atoms with E-state index in [0.29, 0.717) is 10.7 Å². The number of aromatic carboxylic acids is 1. The highest BCUT2D eigenvalue weighted by molar-refractivity contribution is 6.31. The third kappa shape index (κ3) is 2.06. The highest BCUT2D eigenvalue weighted by atomic mass is 35.5. The van der Waals surface area contributed by atoms with Gasteiger partial charge in [-0.3, -0.25) is 4.98 Å². The molecular weight excluding hydrogens is 264 g/mol. The maximum absolute atomic E-state index is 11.0. The Balaban J connectivity index is 2.19. The van der Waals surface area contributed by atoms with Crippen molar-refractivity contribution in [3.05, 3.63) is 59.5 Å². The molecule has 3 aromatic rings. The summed E-state index contributed by atoms with van der Waals surface area (Å²) in [6.45, 7) is 0. The van der Waals surface area contributed by atoms with Crippen molar-refractivity contribution in [2.24, 2.45) is 0 Å². The van der Waals surface area contributed by atoms with Crippen LogP contribution in [0.3, 0.4) is 0 Å². The van der Waals surface area contributed by atoms with Crippen molar-refractivity contribution in [1.82, 2.24) is 9.55 Å². The van der Waals surface area contributed by atoms with Crippen LogP contribution in [0.2, 0.25) is 5.02 Å². The molecule has 0 spiro atoms. The number of benzene rings is 1. The number of carboxylic acids is 1. The summed E-state index contributed by atoms with van der Waals surface area (Å²) in [7, 11) is 0. The van der Waals surface area contributed by atoms with Crippen molar-refractivity contribution in [2.75, 3.05) is 0 Å². The molecule has 1 N–H and O–H groups in total. The highest BCUT2D eigenvalue weighted by Gasteiger charge is 2.08. The summed E-state index contributed by atoms with van der Waals surface area (Å²) in [4.78, 5) is 14.9. The van der Waals surface area contributed by atoms with Crippen molar-refractivity contribution in [1.29, 1.82) is 0 Å². The Kier molecular flexibility index (Phi) is 2.72. The highest BCUT2D eigenvalue weighted by Crippen LogP contribution is 2.23. The Morgan fingerprint density at radius 2 is 2.05 bits per heavy atom. The van der Waals surface area contributed by atoms with Gasteiger partial charge in [-0.25, -0.2) is 4.79 Å². The Labute approximate surface area is 113 Å². The van der Waals surface area contributed by atoms with Gasteiger partial charge < -0.3 is 9.67 Å². The van der Waals surface area contributed by atoms with Crippen LogP contribution >= 0.6 is 11.6 Å². The Morgan fingerprint density at radius 1 is 1.21 bits per heavy atom. The normalized spacial score (nSPS) is 10.8. The van der Waals surface area contributed by atoms with E-state index in [1.807, 2.05) is 29.0 Å². The second kappa shape index (κ2) is 4.40. The van der Waals surface area contributed by atoms with Crippen molar-refractivity contribution in [3.63, 3.8) is 0 Å². The van der Waals surface area contributed by atoms with E-state index < -0.39 is 5.97 Å². The maximum atomic E-state index is 11.0. The molecule has 19 heavy (non-hydrogen) atoms. The second-order valence-electron chi connectivity index (χ2n) is 4.13. The maximum Gasteiger partial charge on any atom is 0.337 e. The summed E-state index contributed by atoms with van der Waals surface area (Å²) >= 11 is 5.94. The summed E-state index contributed by atoms with van der Waals surface area (Å²) in [6, 6.07) is 9.07. The van der Waals surface area contributed by atoms with Gasteiger partial charge >= 0.3 is 5.97 Å². The fraction of sp³-hybridized carbons (Fsp3) is 0. The van der Waals surface area contributed by atoms with Gasteiger partial charge in [0.1, 0.15) is 0 Å². The summed E-state index contributed by atoms with van der Waals surface area (Å²) < 4.78 is 1.88. The smallest absolute Gasteiger partial charge is 0.337 e. The first-order valence-corrected chi connectivity index (χ1v) is 5.98. The van der Waals surface area contributed by atoms with Crippen molar-refractivity contribution in [2.45, 2.75) is 0 Å². The monoisotopic (exact) mass is 272 g/mol. The largest absolute Gasteiger partial charge is 0.478 e. The lowest BCUT2D eigenvalue weighted by molar-refractivity contribution is 0.0696. The fourth-order valence-electron chi connectivity index (χ4n) is 2.02. The minimum absolute atomic E-state index is 0.160. The zero-order valence-electron chi connectivity index (χ0n) is 9.75. The number of rotatable bonds is 2. The van der Waals surface area contributed by atoms with Gasteiger partial charge in [0, 0.05) is 22.8 Å². The van der Waals surface area contributed by atoms with Crippen molar-refractivity contribution >= 4 is 28.5 Å². The van der Waals surface area contributed by atoms with E-state index in [1.165, 1.54) is 6.20 Å². The molecule has 5 heteroatoms. The van der Waals surface area contributed by atoms with Gasteiger partial charge in [0.15, 0.2) is 0 Å². The van der Waals surface area contributed by atoms with Crippen LogP contribution in [0.4, 0.5) is 0 Å². The standard InChI is InChI=1S/C14H9ClN2O2/c15-11-1-2-13-9(5-11)3-4-17(13)12-6-10(14(18)19)7-16-8-12/h1-8H,(H,18,19). The summed E-state index contributed by atoms with van der Waals surface area (Å²) in [5.41, 5.74) is 1.82. The molecule has 0 aliphatic rings. The molecule has 0 unspecified atom stereocenters. The molecule has 0 bridgehead atoms. The molecule has 0 radical (unpaired) electrons. The molecule has 94 valence electrons. The number of halogens is 1. The summed E-state index contributed by atoms with van der Waals surface area (Å²) in [5.74, 6) is -0.992. The predicted octanol–water partition coefficient (Wildman–Crippen LogP) is 3.38. The third-order valence-electron chi connectivity index (χ3n) is 2.90. The first kappa shape index (κ1) is 11.7. The first-order chi connectivity index (χ1) is 9.15. The SMILES string of the molecule is O=C(O)c1cncc(-n2ccc3cc(Cl)ccc32)c1. The van der Waals surface area contributed by atoms with Crippen molar-refractivity contribution < 1.29 is 9.90 Å². The van der Waals surface area contributed by atoms with E-state index in [4.69, 9.17) is 16.7 Å². The van der Waals surface area contributed by atoms with Gasteiger partial charge in [-0.1, -0.05) is 11.6 Å². The number of nitrogens with zero attached hydrogens (tertiary/aromatic N) is 2. The number of hydrogen-bond donors (Lipinski definition) is 1. The van der Waals surface area contributed by atoms with Gasteiger partial charge in [-0.05, 0) is 30.3 Å². The van der Waals surface area contributed by atoms with Crippen LogP contribution in [0.25, 0.3) is 16.6 Å². The minimum Gasteiger partial charge on any atom is -0.478 e. The molecule has 0 aliphatic carbocycles. The van der Waals surface area contributed by atoms with E-state index in [9.17, 15) is 4.79 Å². The van der Waals surface area contributed by atoms with Gasteiger partial charge in [-0.15, -0.1) is 0 Å². The van der Waals surface area contributed by atoms with E-state index >= 15 is 0 Å². The average Bonchev–Trinajstić information content (AvgIpc) is 2.81. The lowest BCUT2D eigenvalue weighted by Crippen LogP contribution is -2.00. The fourth-order valence-corrected chi connectivity index (χ4v) is 2.20. The summed E-state index contributed by atoms with van der Waals surface area (Å²) in [6.07, 6.45) is 4.82. The lowest BCUT2D eigenvalue weighted by Gasteiger charge is -2.06. The number of carbonyl (C=O) groups is 1. The number of fused-ring (bicyclic) bond motifs is 1. The van der Waals surface area contributed by atoms with Crippen LogP contribution in [0, 0.1) is 0 Å². The van der Waals surface area contributed by atoms with Gasteiger partial charge in [0.2, 0.25) is 0 Å². The molecule has 0 fully saturated rings. The number of pyridine rings is 1. The topological polar surface area (TPSA) is 55.1 Å². The third-order valence-corrected chi connectivity index (χ3v) is 3.14. The second-order valence-corrected chi connectivity index (χ2v) is 4.56. The number of aromatic nitrogens is 2.